The van der Waals surface area contributed by atoms with Crippen molar-refractivity contribution in [2.45, 2.75) is 33.7 Å². The highest BCUT2D eigenvalue weighted by molar-refractivity contribution is 5.79. The lowest BCUT2D eigenvalue weighted by atomic mass is 10.3. The minimum absolute atomic E-state index is 0.435. The monoisotopic (exact) mass is 407 g/mol. The lowest BCUT2D eigenvalue weighted by molar-refractivity contribution is 0.288. The van der Waals surface area contributed by atoms with Crippen LogP contribution in [0, 0.1) is 20.8 Å². The predicted octanol–water partition coefficient (Wildman–Crippen LogP) is 2.26. The van der Waals surface area contributed by atoms with Crippen LogP contribution in [0.5, 0.6) is 11.8 Å². The Morgan fingerprint density at radius 2 is 1.97 bits per heavy atom. The Morgan fingerprint density at radius 3 is 2.80 bits per heavy atom. The van der Waals surface area contributed by atoms with Gasteiger partial charge in [0.1, 0.15) is 17.2 Å². The summed E-state index contributed by atoms with van der Waals surface area (Å²) >= 11 is 0. The molecule has 0 spiro atoms. The SMILES string of the molecule is COc1nc(C)ncc1-n1nc2c(c1C)Nc1ncc3c(C)nn(c3n1)CCCO2. The molecule has 11 nitrogen and oxygen atoms in total. The molecule has 0 atom stereocenters. The fourth-order valence-corrected chi connectivity index (χ4v) is 3.51. The fraction of sp³-hybridized carbons (Fsp3) is 0.368. The maximum Gasteiger partial charge on any atom is 0.257 e. The van der Waals surface area contributed by atoms with E-state index in [4.69, 9.17) is 9.47 Å². The molecule has 154 valence electrons. The van der Waals surface area contributed by atoms with E-state index < -0.39 is 0 Å². The molecule has 2 bridgehead atoms. The van der Waals surface area contributed by atoms with Gasteiger partial charge in [0.05, 0.1) is 36.7 Å². The van der Waals surface area contributed by atoms with Crippen LogP contribution >= 0.6 is 0 Å². The van der Waals surface area contributed by atoms with Gasteiger partial charge in [-0.3, -0.25) is 0 Å². The number of hydrogen-bond acceptors (Lipinski definition) is 9. The van der Waals surface area contributed by atoms with Crippen LogP contribution in [-0.4, -0.2) is 53.2 Å². The molecule has 5 rings (SSSR count). The fourth-order valence-electron chi connectivity index (χ4n) is 3.51. The summed E-state index contributed by atoms with van der Waals surface area (Å²) in [5, 5.41) is 13.4. The molecule has 1 aliphatic rings. The van der Waals surface area contributed by atoms with Crippen LogP contribution in [-0.2, 0) is 6.54 Å². The Bertz CT molecular complexity index is 1260. The maximum absolute atomic E-state index is 6.01. The number of fused-ring (bicyclic) bond motifs is 2. The highest BCUT2D eigenvalue weighted by Crippen LogP contribution is 2.34. The zero-order valence-corrected chi connectivity index (χ0v) is 17.2. The van der Waals surface area contributed by atoms with E-state index in [-0.39, 0.29) is 0 Å². The van der Waals surface area contributed by atoms with Gasteiger partial charge in [0.15, 0.2) is 5.65 Å². The van der Waals surface area contributed by atoms with E-state index in [0.717, 1.165) is 28.8 Å². The number of rotatable bonds is 2. The third kappa shape index (κ3) is 2.90. The van der Waals surface area contributed by atoms with Crippen LogP contribution in [0.3, 0.4) is 0 Å². The average molecular weight is 407 g/mol. The summed E-state index contributed by atoms with van der Waals surface area (Å²) in [6.45, 7) is 6.86. The van der Waals surface area contributed by atoms with Crippen molar-refractivity contribution < 1.29 is 9.47 Å². The van der Waals surface area contributed by atoms with Crippen molar-refractivity contribution in [3.63, 3.8) is 0 Å². The van der Waals surface area contributed by atoms with E-state index in [9.17, 15) is 0 Å². The Morgan fingerprint density at radius 1 is 1.10 bits per heavy atom. The molecule has 4 aromatic rings. The van der Waals surface area contributed by atoms with Gasteiger partial charge >= 0.3 is 0 Å². The molecule has 0 aromatic carbocycles. The van der Waals surface area contributed by atoms with Crippen LogP contribution < -0.4 is 14.8 Å². The number of nitrogens with one attached hydrogen (secondary N) is 1. The molecule has 0 saturated carbocycles. The number of anilines is 2. The standard InChI is InChI=1S/C19H21N9O2/c1-10-13-8-21-19-23-15-11(2)28(14-9-20-12(3)22-17(14)29-4)26-18(15)30-7-5-6-27(25-10)16(13)24-19/h8-9H,5-7H2,1-4H3,(H,21,23,24). The molecular formula is C19H21N9O2. The molecule has 1 N–H and O–H groups in total. The quantitative estimate of drug-likeness (QED) is 0.534. The molecule has 0 amide bonds. The Balaban J connectivity index is 1.64. The second-order valence-electron chi connectivity index (χ2n) is 7.06. The van der Waals surface area contributed by atoms with Crippen molar-refractivity contribution in [1.29, 1.82) is 0 Å². The van der Waals surface area contributed by atoms with Gasteiger partial charge in [0.2, 0.25) is 11.8 Å². The lowest BCUT2D eigenvalue weighted by Gasteiger charge is -2.09. The zero-order chi connectivity index (χ0) is 20.8. The summed E-state index contributed by atoms with van der Waals surface area (Å²) in [7, 11) is 1.57. The molecule has 0 aliphatic carbocycles. The van der Waals surface area contributed by atoms with E-state index in [1.54, 1.807) is 24.2 Å². The van der Waals surface area contributed by atoms with Crippen LogP contribution in [0.1, 0.15) is 23.6 Å². The molecule has 0 unspecified atom stereocenters. The summed E-state index contributed by atoms with van der Waals surface area (Å²) in [5.41, 5.74) is 3.80. The van der Waals surface area contributed by atoms with Crippen molar-refractivity contribution >= 4 is 22.7 Å². The lowest BCUT2D eigenvalue weighted by Crippen LogP contribution is -2.08. The first-order valence-corrected chi connectivity index (χ1v) is 9.62. The first-order valence-electron chi connectivity index (χ1n) is 9.62. The summed E-state index contributed by atoms with van der Waals surface area (Å²) in [4.78, 5) is 17.8. The van der Waals surface area contributed by atoms with E-state index in [1.165, 1.54) is 0 Å². The number of nitrogens with zero attached hydrogens (tertiary/aromatic N) is 8. The topological polar surface area (TPSA) is 118 Å². The van der Waals surface area contributed by atoms with Gasteiger partial charge in [-0.1, -0.05) is 0 Å². The van der Waals surface area contributed by atoms with Gasteiger partial charge in [-0.2, -0.15) is 15.1 Å². The minimum Gasteiger partial charge on any atom is -0.479 e. The maximum atomic E-state index is 6.01. The smallest absolute Gasteiger partial charge is 0.257 e. The highest BCUT2D eigenvalue weighted by atomic mass is 16.5. The number of hydrogen-bond donors (Lipinski definition) is 1. The molecule has 30 heavy (non-hydrogen) atoms. The summed E-state index contributed by atoms with van der Waals surface area (Å²) in [6.07, 6.45) is 4.23. The molecule has 0 saturated heterocycles. The Labute approximate surface area is 172 Å². The molecule has 5 heterocycles. The molecule has 4 aromatic heterocycles. The average Bonchev–Trinajstić information content (AvgIpc) is 3.21. The second kappa shape index (κ2) is 6.94. The van der Waals surface area contributed by atoms with Crippen molar-refractivity contribution in [2.75, 3.05) is 19.0 Å². The largest absolute Gasteiger partial charge is 0.479 e. The summed E-state index contributed by atoms with van der Waals surface area (Å²) in [5.74, 6) is 1.95. The normalized spacial score (nSPS) is 13.5. The van der Waals surface area contributed by atoms with E-state index in [2.05, 4.69) is 35.5 Å². The van der Waals surface area contributed by atoms with Crippen molar-refractivity contribution in [3.8, 4) is 17.4 Å². The van der Waals surface area contributed by atoms with Crippen LogP contribution in [0.15, 0.2) is 12.4 Å². The molecule has 11 heteroatoms. The van der Waals surface area contributed by atoms with Crippen molar-refractivity contribution in [1.82, 2.24) is 39.5 Å². The third-order valence-electron chi connectivity index (χ3n) is 5.03. The molecular weight excluding hydrogens is 386 g/mol. The van der Waals surface area contributed by atoms with Crippen LogP contribution in [0.2, 0.25) is 0 Å². The first kappa shape index (κ1) is 18.3. The van der Waals surface area contributed by atoms with Crippen LogP contribution in [0.4, 0.5) is 11.6 Å². The molecule has 0 fully saturated rings. The highest BCUT2D eigenvalue weighted by Gasteiger charge is 2.22. The van der Waals surface area contributed by atoms with Gasteiger partial charge in [0, 0.05) is 19.2 Å². The van der Waals surface area contributed by atoms with Gasteiger partial charge in [-0.25, -0.2) is 19.3 Å². The minimum atomic E-state index is 0.435. The number of methoxy groups -OCH3 is 1. The number of ether oxygens (including phenoxy) is 2. The van der Waals surface area contributed by atoms with Gasteiger partial charge in [-0.15, -0.1) is 5.10 Å². The zero-order valence-electron chi connectivity index (χ0n) is 17.2. The first-order chi connectivity index (χ1) is 14.5. The molecule has 1 aliphatic heterocycles. The Kier molecular flexibility index (Phi) is 4.23. The third-order valence-corrected chi connectivity index (χ3v) is 5.03. The van der Waals surface area contributed by atoms with Gasteiger partial charge in [0.25, 0.3) is 5.88 Å². The van der Waals surface area contributed by atoms with E-state index in [1.807, 2.05) is 25.5 Å². The Hall–Kier alpha value is -3.76. The van der Waals surface area contributed by atoms with Gasteiger partial charge < -0.3 is 14.8 Å². The summed E-state index contributed by atoms with van der Waals surface area (Å²) in [6, 6.07) is 0. The summed E-state index contributed by atoms with van der Waals surface area (Å²) < 4.78 is 15.0. The van der Waals surface area contributed by atoms with E-state index >= 15 is 0 Å². The van der Waals surface area contributed by atoms with Crippen LogP contribution in [0.25, 0.3) is 16.7 Å². The second-order valence-corrected chi connectivity index (χ2v) is 7.06. The number of aromatic nitrogens is 8. The van der Waals surface area contributed by atoms with Crippen molar-refractivity contribution in [2.24, 2.45) is 0 Å². The van der Waals surface area contributed by atoms with E-state index in [0.29, 0.717) is 48.1 Å². The predicted molar refractivity (Wildman–Crippen MR) is 109 cm³/mol. The number of aryl methyl sites for hydroxylation is 3. The van der Waals surface area contributed by atoms with Crippen molar-refractivity contribution in [3.05, 3.63) is 29.6 Å². The molecule has 0 radical (unpaired) electrons. The van der Waals surface area contributed by atoms with Gasteiger partial charge in [-0.05, 0) is 20.8 Å².